The zero-order valence-corrected chi connectivity index (χ0v) is 13.1. The van der Waals surface area contributed by atoms with E-state index in [0.717, 1.165) is 23.1 Å². The second kappa shape index (κ2) is 6.81. The molecule has 0 aliphatic rings. The number of aliphatic hydroxyl groups excluding tert-OH is 1. The molecule has 1 unspecified atom stereocenters. The Balaban J connectivity index is 2.28. The topological polar surface area (TPSA) is 20.2 Å². The second-order valence-electron chi connectivity index (χ2n) is 5.52. The minimum absolute atomic E-state index is 0.206. The molecule has 17 heavy (non-hydrogen) atoms. The molecule has 0 aliphatic carbocycles. The molecule has 1 rings (SSSR count). The van der Waals surface area contributed by atoms with Crippen molar-refractivity contribution in [3.05, 3.63) is 28.7 Å². The van der Waals surface area contributed by atoms with Gasteiger partial charge in [0.2, 0.25) is 0 Å². The lowest BCUT2D eigenvalue weighted by Crippen LogP contribution is -2.14. The predicted molar refractivity (Wildman–Crippen MR) is 79.6 cm³/mol. The van der Waals surface area contributed by atoms with Crippen molar-refractivity contribution in [1.29, 1.82) is 0 Å². The van der Waals surface area contributed by atoms with Crippen LogP contribution in [0.2, 0.25) is 0 Å². The Morgan fingerprint density at radius 2 is 1.82 bits per heavy atom. The van der Waals surface area contributed by atoms with Crippen molar-refractivity contribution in [3.63, 3.8) is 0 Å². The number of benzene rings is 1. The molecule has 0 fully saturated rings. The molecule has 0 amide bonds. The highest BCUT2D eigenvalue weighted by molar-refractivity contribution is 9.10. The molecule has 0 saturated heterocycles. The fraction of sp³-hybridized carbons (Fsp3) is 0.571. The molecule has 3 heteroatoms. The summed E-state index contributed by atoms with van der Waals surface area (Å²) in [5.74, 6) is 0.776. The number of aliphatic hydroxyl groups is 1. The van der Waals surface area contributed by atoms with Crippen molar-refractivity contribution in [2.75, 3.05) is 5.75 Å². The van der Waals surface area contributed by atoms with E-state index in [4.69, 9.17) is 0 Å². The highest BCUT2D eigenvalue weighted by Crippen LogP contribution is 2.25. The van der Waals surface area contributed by atoms with Crippen molar-refractivity contribution >= 4 is 27.7 Å². The van der Waals surface area contributed by atoms with Gasteiger partial charge in [-0.1, -0.05) is 36.7 Å². The molecule has 1 atom stereocenters. The van der Waals surface area contributed by atoms with Crippen LogP contribution in [0.1, 0.15) is 33.6 Å². The minimum Gasteiger partial charge on any atom is -0.392 e. The molecule has 0 aromatic heterocycles. The van der Waals surface area contributed by atoms with Gasteiger partial charge in [0.25, 0.3) is 0 Å². The quantitative estimate of drug-likeness (QED) is 0.792. The summed E-state index contributed by atoms with van der Waals surface area (Å²) in [5, 5.41) is 9.90. The molecule has 0 radical (unpaired) electrons. The third kappa shape index (κ3) is 7.12. The Morgan fingerprint density at radius 3 is 2.35 bits per heavy atom. The SMILES string of the molecule is CC(C)(C)CCC(O)CSc1ccc(Br)cc1. The Morgan fingerprint density at radius 1 is 1.24 bits per heavy atom. The number of hydrogen-bond acceptors (Lipinski definition) is 2. The van der Waals surface area contributed by atoms with Crippen molar-refractivity contribution in [1.82, 2.24) is 0 Å². The molecule has 1 nitrogen and oxygen atoms in total. The average molecular weight is 317 g/mol. The molecule has 0 aliphatic heterocycles. The molecule has 0 bridgehead atoms. The van der Waals surface area contributed by atoms with Gasteiger partial charge in [0, 0.05) is 15.1 Å². The van der Waals surface area contributed by atoms with Crippen LogP contribution < -0.4 is 0 Å². The van der Waals surface area contributed by atoms with Crippen LogP contribution >= 0.6 is 27.7 Å². The van der Waals surface area contributed by atoms with Crippen LogP contribution in [0.5, 0.6) is 0 Å². The van der Waals surface area contributed by atoms with Gasteiger partial charge in [-0.25, -0.2) is 0 Å². The van der Waals surface area contributed by atoms with E-state index in [0.29, 0.717) is 5.41 Å². The van der Waals surface area contributed by atoms with Crippen molar-refractivity contribution in [3.8, 4) is 0 Å². The Hall–Kier alpha value is 0.01000. The molecule has 0 heterocycles. The smallest absolute Gasteiger partial charge is 0.0634 e. The molecule has 1 aromatic rings. The lowest BCUT2D eigenvalue weighted by molar-refractivity contribution is 0.167. The van der Waals surface area contributed by atoms with Crippen molar-refractivity contribution in [2.24, 2.45) is 5.41 Å². The van der Waals surface area contributed by atoms with E-state index in [1.54, 1.807) is 11.8 Å². The fourth-order valence-electron chi connectivity index (χ4n) is 1.41. The Kier molecular flexibility index (Phi) is 6.04. The van der Waals surface area contributed by atoms with Crippen molar-refractivity contribution in [2.45, 2.75) is 44.6 Å². The van der Waals surface area contributed by atoms with Crippen LogP contribution in [-0.2, 0) is 0 Å². The summed E-state index contributed by atoms with van der Waals surface area (Å²) in [6.07, 6.45) is 1.74. The maximum absolute atomic E-state index is 9.90. The number of hydrogen-bond donors (Lipinski definition) is 1. The zero-order chi connectivity index (χ0) is 12.9. The summed E-state index contributed by atoms with van der Waals surface area (Å²) in [5.41, 5.74) is 0.309. The third-order valence-electron chi connectivity index (χ3n) is 2.48. The van der Waals surface area contributed by atoms with E-state index in [1.165, 1.54) is 4.90 Å². The summed E-state index contributed by atoms with van der Waals surface area (Å²) in [6, 6.07) is 8.21. The van der Waals surface area contributed by atoms with E-state index in [-0.39, 0.29) is 6.10 Å². The maximum Gasteiger partial charge on any atom is 0.0634 e. The van der Waals surface area contributed by atoms with Crippen molar-refractivity contribution < 1.29 is 5.11 Å². The van der Waals surface area contributed by atoms with Crippen LogP contribution in [0.3, 0.4) is 0 Å². The molecular weight excluding hydrogens is 296 g/mol. The highest BCUT2D eigenvalue weighted by Gasteiger charge is 2.13. The van der Waals surface area contributed by atoms with Gasteiger partial charge in [-0.05, 0) is 42.5 Å². The van der Waals surface area contributed by atoms with Crippen LogP contribution in [0.25, 0.3) is 0 Å². The van der Waals surface area contributed by atoms with Gasteiger partial charge in [0.05, 0.1) is 6.10 Å². The first-order chi connectivity index (χ1) is 7.87. The molecule has 96 valence electrons. The van der Waals surface area contributed by atoms with E-state index < -0.39 is 0 Å². The van der Waals surface area contributed by atoms with E-state index >= 15 is 0 Å². The Labute approximate surface area is 117 Å². The number of rotatable bonds is 5. The van der Waals surface area contributed by atoms with E-state index in [9.17, 15) is 5.11 Å². The standard InChI is InChI=1S/C14H21BrOS/c1-14(2,3)9-8-12(16)10-17-13-6-4-11(15)5-7-13/h4-7,12,16H,8-10H2,1-3H3. The van der Waals surface area contributed by atoms with Gasteiger partial charge < -0.3 is 5.11 Å². The molecule has 0 spiro atoms. The highest BCUT2D eigenvalue weighted by atomic mass is 79.9. The van der Waals surface area contributed by atoms with Crippen LogP contribution in [0, 0.1) is 5.41 Å². The van der Waals surface area contributed by atoms with Gasteiger partial charge >= 0.3 is 0 Å². The largest absolute Gasteiger partial charge is 0.392 e. The first-order valence-electron chi connectivity index (χ1n) is 5.93. The molecule has 0 saturated carbocycles. The second-order valence-corrected chi connectivity index (χ2v) is 7.53. The lowest BCUT2D eigenvalue weighted by Gasteiger charge is -2.20. The van der Waals surface area contributed by atoms with E-state index in [2.05, 4.69) is 48.8 Å². The fourth-order valence-corrected chi connectivity index (χ4v) is 2.55. The van der Waals surface area contributed by atoms with Crippen LogP contribution in [-0.4, -0.2) is 17.0 Å². The Bertz CT molecular complexity index is 329. The number of thioether (sulfide) groups is 1. The van der Waals surface area contributed by atoms with Crippen LogP contribution in [0.4, 0.5) is 0 Å². The molecule has 1 N–H and O–H groups in total. The third-order valence-corrected chi connectivity index (χ3v) is 4.17. The number of halogens is 1. The summed E-state index contributed by atoms with van der Waals surface area (Å²) in [4.78, 5) is 1.21. The predicted octanol–water partition coefficient (Wildman–Crippen LogP) is 4.73. The van der Waals surface area contributed by atoms with Gasteiger partial charge in [0.1, 0.15) is 0 Å². The molecule has 1 aromatic carbocycles. The van der Waals surface area contributed by atoms with E-state index in [1.807, 2.05) is 12.1 Å². The first kappa shape index (κ1) is 15.1. The zero-order valence-electron chi connectivity index (χ0n) is 10.7. The first-order valence-corrected chi connectivity index (χ1v) is 7.71. The normalized spacial score (nSPS) is 13.7. The summed E-state index contributed by atoms with van der Waals surface area (Å²) >= 11 is 5.13. The summed E-state index contributed by atoms with van der Waals surface area (Å²) in [6.45, 7) is 6.63. The summed E-state index contributed by atoms with van der Waals surface area (Å²) < 4.78 is 1.09. The maximum atomic E-state index is 9.90. The molecular formula is C14H21BrOS. The average Bonchev–Trinajstić information content (AvgIpc) is 2.25. The lowest BCUT2D eigenvalue weighted by atomic mass is 9.89. The van der Waals surface area contributed by atoms with Gasteiger partial charge in [-0.15, -0.1) is 11.8 Å². The minimum atomic E-state index is -0.206. The van der Waals surface area contributed by atoms with Gasteiger partial charge in [-0.2, -0.15) is 0 Å². The van der Waals surface area contributed by atoms with Crippen LogP contribution in [0.15, 0.2) is 33.6 Å². The van der Waals surface area contributed by atoms with Gasteiger partial charge in [0.15, 0.2) is 0 Å². The van der Waals surface area contributed by atoms with Gasteiger partial charge in [-0.3, -0.25) is 0 Å². The summed E-state index contributed by atoms with van der Waals surface area (Å²) in [7, 11) is 0. The monoisotopic (exact) mass is 316 g/mol.